The van der Waals surface area contributed by atoms with Gasteiger partial charge >= 0.3 is 5.97 Å². The summed E-state index contributed by atoms with van der Waals surface area (Å²) in [7, 11) is 0. The van der Waals surface area contributed by atoms with Crippen molar-refractivity contribution in [3.8, 4) is 0 Å². The molecule has 0 aromatic heterocycles. The number of ether oxygens (including phenoxy) is 1. The normalized spacial score (nSPS) is 45.6. The number of alkyl halides is 1. The average Bonchev–Trinajstić information content (AvgIpc) is 1.96. The number of carbonyl (C=O) groups excluding carboxylic acids is 1. The average molecular weight is 208 g/mol. The van der Waals surface area contributed by atoms with Crippen molar-refractivity contribution >= 4 is 34.3 Å². The third kappa shape index (κ3) is 0.896. The molecule has 3 aliphatic rings. The van der Waals surface area contributed by atoms with Crippen molar-refractivity contribution in [3.05, 3.63) is 0 Å². The Hall–Kier alpha value is -0.280. The second-order valence-corrected chi connectivity index (χ2v) is 4.27. The van der Waals surface area contributed by atoms with Gasteiger partial charge in [-0.05, 0) is 13.3 Å². The molecule has 0 aliphatic carbocycles. The molecule has 0 N–H and O–H groups in total. The number of fused-ring (bicyclic) bond motifs is 2. The van der Waals surface area contributed by atoms with E-state index in [1.54, 1.807) is 6.92 Å². The van der Waals surface area contributed by atoms with Crippen LogP contribution in [0, 0.1) is 0 Å². The highest BCUT2D eigenvalue weighted by Crippen LogP contribution is 2.43. The first kappa shape index (κ1) is 8.32. The molecule has 5 heteroatoms. The maximum absolute atomic E-state index is 11.2. The molecule has 3 nitrogen and oxygen atoms in total. The highest BCUT2D eigenvalue weighted by molar-refractivity contribution is 6.68. The van der Waals surface area contributed by atoms with Crippen molar-refractivity contribution < 1.29 is 9.53 Å². The molecule has 2 bridgehead atoms. The summed E-state index contributed by atoms with van der Waals surface area (Å²) >= 11 is 11.7. The minimum atomic E-state index is -1.24. The topological polar surface area (TPSA) is 38.7 Å². The fourth-order valence-electron chi connectivity index (χ4n) is 1.36. The molecule has 3 rings (SSSR count). The first-order chi connectivity index (χ1) is 5.46. The number of hydrogen-bond donors (Lipinski definition) is 0. The third-order valence-corrected chi connectivity index (χ3v) is 3.19. The largest absolute Gasteiger partial charge is 0.449 e. The van der Waals surface area contributed by atoms with Gasteiger partial charge in [-0.25, -0.2) is 9.79 Å². The van der Waals surface area contributed by atoms with E-state index in [9.17, 15) is 4.79 Å². The van der Waals surface area contributed by atoms with Crippen LogP contribution in [0.5, 0.6) is 0 Å². The Morgan fingerprint density at radius 2 is 2.25 bits per heavy atom. The molecule has 0 radical (unpaired) electrons. The Balaban J connectivity index is 2.51. The van der Waals surface area contributed by atoms with Gasteiger partial charge in [-0.2, -0.15) is 0 Å². The zero-order chi connectivity index (χ0) is 8.98. The van der Waals surface area contributed by atoms with Gasteiger partial charge in [-0.3, -0.25) is 0 Å². The molecule has 0 aromatic rings. The predicted molar refractivity (Wildman–Crippen MR) is 45.6 cm³/mol. The molecule has 66 valence electrons. The molecule has 12 heavy (non-hydrogen) atoms. The second-order valence-electron chi connectivity index (χ2n) is 3.28. The van der Waals surface area contributed by atoms with Crippen molar-refractivity contribution in [1.82, 2.24) is 0 Å². The van der Waals surface area contributed by atoms with Crippen molar-refractivity contribution in [1.29, 1.82) is 0 Å². The van der Waals surface area contributed by atoms with Crippen LogP contribution in [-0.2, 0) is 9.53 Å². The lowest BCUT2D eigenvalue weighted by Gasteiger charge is -2.42. The van der Waals surface area contributed by atoms with Crippen LogP contribution >= 0.6 is 23.2 Å². The van der Waals surface area contributed by atoms with Gasteiger partial charge in [0.15, 0.2) is 5.60 Å². The van der Waals surface area contributed by atoms with Crippen LogP contribution in [0.4, 0.5) is 0 Å². The molecule has 0 aromatic carbocycles. The zero-order valence-corrected chi connectivity index (χ0v) is 7.95. The van der Waals surface area contributed by atoms with Gasteiger partial charge in [0.25, 0.3) is 0 Å². The van der Waals surface area contributed by atoms with Crippen molar-refractivity contribution in [3.63, 3.8) is 0 Å². The zero-order valence-electron chi connectivity index (χ0n) is 6.43. The first-order valence-electron chi connectivity index (χ1n) is 3.64. The number of hydrogen-bond acceptors (Lipinski definition) is 3. The van der Waals surface area contributed by atoms with Gasteiger partial charge in [0.2, 0.25) is 5.00 Å². The Morgan fingerprint density at radius 1 is 1.58 bits per heavy atom. The summed E-state index contributed by atoms with van der Waals surface area (Å²) < 4.78 is 5.05. The molecule has 3 heterocycles. The Labute approximate surface area is 79.7 Å². The van der Waals surface area contributed by atoms with Gasteiger partial charge in [-0.1, -0.05) is 23.2 Å². The Kier molecular flexibility index (Phi) is 1.49. The Morgan fingerprint density at radius 3 is 2.67 bits per heavy atom. The van der Waals surface area contributed by atoms with Gasteiger partial charge in [0.1, 0.15) is 5.17 Å². The minimum absolute atomic E-state index is 0.295. The molecule has 0 spiro atoms. The van der Waals surface area contributed by atoms with E-state index in [1.165, 1.54) is 0 Å². The van der Waals surface area contributed by atoms with E-state index in [0.29, 0.717) is 18.0 Å². The molecule has 0 unspecified atom stereocenters. The summed E-state index contributed by atoms with van der Waals surface area (Å²) in [6.45, 7) is 1.74. The van der Waals surface area contributed by atoms with E-state index in [2.05, 4.69) is 4.99 Å². The molecular weight excluding hydrogens is 201 g/mol. The molecule has 0 saturated carbocycles. The van der Waals surface area contributed by atoms with Crippen molar-refractivity contribution in [2.45, 2.75) is 30.4 Å². The molecule has 3 aliphatic heterocycles. The van der Waals surface area contributed by atoms with Crippen LogP contribution in [0.2, 0.25) is 0 Å². The first-order valence-corrected chi connectivity index (χ1v) is 4.40. The smallest absolute Gasteiger partial charge is 0.350 e. The number of carbonyl (C=O) groups is 1. The minimum Gasteiger partial charge on any atom is -0.449 e. The lowest BCUT2D eigenvalue weighted by Crippen LogP contribution is -2.55. The quantitative estimate of drug-likeness (QED) is 0.345. The number of nitrogens with zero attached hydrogens (tertiary/aromatic N) is 1. The molecule has 2 atom stereocenters. The van der Waals surface area contributed by atoms with E-state index in [0.717, 1.165) is 0 Å². The van der Waals surface area contributed by atoms with E-state index in [-0.39, 0.29) is 0 Å². The number of esters is 1. The standard InChI is InChI=1S/C7H7Cl2NO2/c1-6-2-3-7(9,5(11)12-6)10-4(6)8/h2-3H2,1H3/t6-,7-/m1/s1. The fourth-order valence-corrected chi connectivity index (χ4v) is 1.90. The van der Waals surface area contributed by atoms with Crippen molar-refractivity contribution in [2.24, 2.45) is 4.99 Å². The summed E-state index contributed by atoms with van der Waals surface area (Å²) in [5.74, 6) is -0.484. The van der Waals surface area contributed by atoms with E-state index in [1.807, 2.05) is 0 Å². The van der Waals surface area contributed by atoms with E-state index in [4.69, 9.17) is 27.9 Å². The van der Waals surface area contributed by atoms with Crippen molar-refractivity contribution in [2.75, 3.05) is 0 Å². The van der Waals surface area contributed by atoms with E-state index >= 15 is 0 Å². The molecule has 0 amide bonds. The van der Waals surface area contributed by atoms with Crippen LogP contribution in [0.1, 0.15) is 19.8 Å². The van der Waals surface area contributed by atoms with Gasteiger partial charge in [-0.15, -0.1) is 0 Å². The van der Waals surface area contributed by atoms with Gasteiger partial charge in [0.05, 0.1) is 0 Å². The van der Waals surface area contributed by atoms with Gasteiger partial charge in [0, 0.05) is 6.42 Å². The van der Waals surface area contributed by atoms with Gasteiger partial charge < -0.3 is 4.74 Å². The number of halogens is 2. The third-order valence-electron chi connectivity index (χ3n) is 2.28. The van der Waals surface area contributed by atoms with Crippen LogP contribution < -0.4 is 0 Å². The summed E-state index contributed by atoms with van der Waals surface area (Å²) in [4.78, 5) is 13.9. The van der Waals surface area contributed by atoms with Crippen LogP contribution in [-0.4, -0.2) is 21.7 Å². The van der Waals surface area contributed by atoms with Crippen LogP contribution in [0.15, 0.2) is 4.99 Å². The summed E-state index contributed by atoms with van der Waals surface area (Å²) in [6.07, 6.45) is 1.14. The summed E-state index contributed by atoms with van der Waals surface area (Å²) in [5, 5.41) is 0.295. The highest BCUT2D eigenvalue weighted by atomic mass is 35.5. The number of aliphatic imine (C=N–C) groups is 1. The summed E-state index contributed by atoms with van der Waals surface area (Å²) in [6, 6.07) is 0. The molecule has 1 fully saturated rings. The van der Waals surface area contributed by atoms with Crippen LogP contribution in [0.25, 0.3) is 0 Å². The highest BCUT2D eigenvalue weighted by Gasteiger charge is 2.55. The molecular formula is C7H7Cl2NO2. The number of rotatable bonds is 0. The SMILES string of the molecule is C[C@@]12CC[C@@](Cl)(N=C1Cl)C(=O)O2. The summed E-state index contributed by atoms with van der Waals surface area (Å²) in [5.41, 5.74) is -0.727. The lowest BCUT2D eigenvalue weighted by molar-refractivity contribution is -0.164. The molecule has 1 saturated heterocycles. The Bertz CT molecular complexity index is 291. The van der Waals surface area contributed by atoms with Crippen LogP contribution in [0.3, 0.4) is 0 Å². The fraction of sp³-hybridized carbons (Fsp3) is 0.714. The maximum Gasteiger partial charge on any atom is 0.350 e. The maximum atomic E-state index is 11.2. The lowest BCUT2D eigenvalue weighted by atomic mass is 9.90. The second kappa shape index (κ2) is 2.15. The monoisotopic (exact) mass is 207 g/mol. The van der Waals surface area contributed by atoms with E-state index < -0.39 is 16.6 Å². The predicted octanol–water partition coefficient (Wildman–Crippen LogP) is 1.67.